The molecule has 0 spiro atoms. The van der Waals surface area contributed by atoms with Gasteiger partial charge in [-0.25, -0.2) is 0 Å². The van der Waals surface area contributed by atoms with Crippen molar-refractivity contribution >= 4 is 0 Å². The molecule has 2 aliphatic heterocycles. The van der Waals surface area contributed by atoms with E-state index in [1.165, 1.54) is 51.6 Å². The SMILES string of the molecule is CN1C2CCC1CN(C1CCCC(C)(C)C1O)CC2. The summed E-state index contributed by atoms with van der Waals surface area (Å²) in [4.78, 5) is 5.21. The molecule has 1 saturated carbocycles. The van der Waals surface area contributed by atoms with E-state index in [9.17, 15) is 5.11 Å². The standard InChI is InChI=1S/C16H30N2O/c1-16(2)9-4-5-14(15(16)19)18-10-8-12-6-7-13(11-18)17(12)3/h12-15,19H,4-11H2,1-3H3. The quantitative estimate of drug-likeness (QED) is 0.787. The van der Waals surface area contributed by atoms with Crippen LogP contribution in [0.5, 0.6) is 0 Å². The largest absolute Gasteiger partial charge is 0.391 e. The fourth-order valence-corrected chi connectivity index (χ4v) is 4.61. The molecule has 2 saturated heterocycles. The average molecular weight is 266 g/mol. The number of aliphatic hydroxyl groups excluding tert-OH is 1. The maximum atomic E-state index is 10.7. The van der Waals surface area contributed by atoms with Gasteiger partial charge in [-0.1, -0.05) is 20.3 Å². The molecule has 0 aromatic rings. The van der Waals surface area contributed by atoms with E-state index >= 15 is 0 Å². The molecule has 0 amide bonds. The first-order valence-electron chi connectivity index (χ1n) is 8.13. The molecule has 0 aromatic carbocycles. The Balaban J connectivity index is 1.72. The van der Waals surface area contributed by atoms with Gasteiger partial charge in [0, 0.05) is 31.2 Å². The van der Waals surface area contributed by atoms with Crippen molar-refractivity contribution in [3.05, 3.63) is 0 Å². The smallest absolute Gasteiger partial charge is 0.0746 e. The molecule has 3 heteroatoms. The summed E-state index contributed by atoms with van der Waals surface area (Å²) in [6, 6.07) is 1.92. The molecule has 0 radical (unpaired) electrons. The van der Waals surface area contributed by atoms with Gasteiger partial charge in [0.2, 0.25) is 0 Å². The number of fused-ring (bicyclic) bond motifs is 2. The lowest BCUT2D eigenvalue weighted by Crippen LogP contribution is -2.54. The van der Waals surface area contributed by atoms with Crippen molar-refractivity contribution in [1.29, 1.82) is 0 Å². The van der Waals surface area contributed by atoms with E-state index in [4.69, 9.17) is 0 Å². The number of aliphatic hydroxyl groups is 1. The van der Waals surface area contributed by atoms with Crippen LogP contribution in [0.2, 0.25) is 0 Å². The molecule has 110 valence electrons. The normalized spacial score (nSPS) is 44.2. The molecule has 3 rings (SSSR count). The predicted octanol–water partition coefficient (Wildman–Crippen LogP) is 2.09. The minimum atomic E-state index is -0.150. The third-order valence-corrected chi connectivity index (χ3v) is 6.13. The number of likely N-dealkylation sites (tertiary alicyclic amines) is 1. The Morgan fingerprint density at radius 3 is 2.58 bits per heavy atom. The zero-order valence-electron chi connectivity index (χ0n) is 12.8. The molecule has 3 nitrogen and oxygen atoms in total. The summed E-state index contributed by atoms with van der Waals surface area (Å²) in [6.07, 6.45) is 7.50. The lowest BCUT2D eigenvalue weighted by atomic mass is 9.72. The molecule has 2 heterocycles. The highest BCUT2D eigenvalue weighted by molar-refractivity contribution is 4.98. The molecule has 2 bridgehead atoms. The predicted molar refractivity (Wildman–Crippen MR) is 78.2 cm³/mol. The summed E-state index contributed by atoms with van der Waals surface area (Å²) < 4.78 is 0. The summed E-state index contributed by atoms with van der Waals surface area (Å²) in [5.41, 5.74) is 0.0974. The van der Waals surface area contributed by atoms with Crippen LogP contribution in [0, 0.1) is 5.41 Å². The number of rotatable bonds is 1. The van der Waals surface area contributed by atoms with Gasteiger partial charge in [0.25, 0.3) is 0 Å². The van der Waals surface area contributed by atoms with Crippen LogP contribution >= 0.6 is 0 Å². The Labute approximate surface area is 118 Å². The summed E-state index contributed by atoms with van der Waals surface area (Å²) in [5.74, 6) is 0. The minimum Gasteiger partial charge on any atom is -0.391 e. The van der Waals surface area contributed by atoms with E-state index in [0.717, 1.165) is 12.1 Å². The maximum absolute atomic E-state index is 10.7. The Morgan fingerprint density at radius 1 is 1.05 bits per heavy atom. The minimum absolute atomic E-state index is 0.0974. The van der Waals surface area contributed by atoms with E-state index in [1.54, 1.807) is 0 Å². The van der Waals surface area contributed by atoms with Gasteiger partial charge in [-0.15, -0.1) is 0 Å². The van der Waals surface area contributed by atoms with E-state index in [-0.39, 0.29) is 11.5 Å². The fourth-order valence-electron chi connectivity index (χ4n) is 4.61. The Morgan fingerprint density at radius 2 is 1.79 bits per heavy atom. The van der Waals surface area contributed by atoms with Crippen LogP contribution in [0.3, 0.4) is 0 Å². The second-order valence-corrected chi connectivity index (χ2v) is 7.73. The van der Waals surface area contributed by atoms with Crippen molar-refractivity contribution in [3.63, 3.8) is 0 Å². The van der Waals surface area contributed by atoms with Crippen molar-refractivity contribution in [1.82, 2.24) is 9.80 Å². The van der Waals surface area contributed by atoms with Crippen LogP contribution < -0.4 is 0 Å². The first kappa shape index (κ1) is 13.8. The van der Waals surface area contributed by atoms with Gasteiger partial charge in [-0.05, 0) is 44.6 Å². The van der Waals surface area contributed by atoms with Gasteiger partial charge in [-0.2, -0.15) is 0 Å². The topological polar surface area (TPSA) is 26.7 Å². The van der Waals surface area contributed by atoms with Crippen molar-refractivity contribution in [2.45, 2.75) is 76.6 Å². The van der Waals surface area contributed by atoms with Gasteiger partial charge in [0.1, 0.15) is 0 Å². The zero-order chi connectivity index (χ0) is 13.6. The molecule has 4 unspecified atom stereocenters. The highest BCUT2D eigenvalue weighted by Crippen LogP contribution is 2.39. The number of hydrogen-bond donors (Lipinski definition) is 1. The second kappa shape index (κ2) is 5.01. The first-order chi connectivity index (χ1) is 8.99. The van der Waals surface area contributed by atoms with Crippen LogP contribution in [0.4, 0.5) is 0 Å². The van der Waals surface area contributed by atoms with Crippen LogP contribution in [-0.2, 0) is 0 Å². The molecule has 3 fully saturated rings. The summed E-state index contributed by atoms with van der Waals surface area (Å²) in [7, 11) is 2.30. The van der Waals surface area contributed by atoms with Crippen molar-refractivity contribution < 1.29 is 5.11 Å². The third kappa shape index (κ3) is 2.45. The maximum Gasteiger partial charge on any atom is 0.0746 e. The molecule has 4 atom stereocenters. The highest BCUT2D eigenvalue weighted by Gasteiger charge is 2.43. The average Bonchev–Trinajstić information content (AvgIpc) is 2.58. The molecular weight excluding hydrogens is 236 g/mol. The Bertz CT molecular complexity index is 331. The van der Waals surface area contributed by atoms with Crippen LogP contribution in [-0.4, -0.2) is 59.3 Å². The molecule has 1 aliphatic carbocycles. The Hall–Kier alpha value is -0.120. The van der Waals surface area contributed by atoms with Gasteiger partial charge in [-0.3, -0.25) is 9.80 Å². The highest BCUT2D eigenvalue weighted by atomic mass is 16.3. The van der Waals surface area contributed by atoms with E-state index in [1.807, 2.05) is 0 Å². The molecule has 19 heavy (non-hydrogen) atoms. The molecule has 1 N–H and O–H groups in total. The van der Waals surface area contributed by atoms with Crippen molar-refractivity contribution in [2.75, 3.05) is 20.1 Å². The van der Waals surface area contributed by atoms with Gasteiger partial charge in [0.15, 0.2) is 0 Å². The van der Waals surface area contributed by atoms with E-state index in [0.29, 0.717) is 6.04 Å². The second-order valence-electron chi connectivity index (χ2n) is 7.73. The van der Waals surface area contributed by atoms with Crippen molar-refractivity contribution in [2.24, 2.45) is 5.41 Å². The Kier molecular flexibility index (Phi) is 3.65. The van der Waals surface area contributed by atoms with Crippen LogP contribution in [0.15, 0.2) is 0 Å². The fraction of sp³-hybridized carbons (Fsp3) is 1.00. The third-order valence-electron chi connectivity index (χ3n) is 6.13. The van der Waals surface area contributed by atoms with Gasteiger partial charge >= 0.3 is 0 Å². The van der Waals surface area contributed by atoms with Crippen LogP contribution in [0.25, 0.3) is 0 Å². The summed E-state index contributed by atoms with van der Waals surface area (Å²) in [6.45, 7) is 6.83. The van der Waals surface area contributed by atoms with Gasteiger partial charge < -0.3 is 5.11 Å². The first-order valence-corrected chi connectivity index (χ1v) is 8.13. The van der Waals surface area contributed by atoms with E-state index < -0.39 is 0 Å². The van der Waals surface area contributed by atoms with Gasteiger partial charge in [0.05, 0.1) is 6.10 Å². The summed E-state index contributed by atoms with van der Waals surface area (Å²) >= 11 is 0. The number of likely N-dealkylation sites (N-methyl/N-ethyl adjacent to an activating group) is 1. The zero-order valence-corrected chi connectivity index (χ0v) is 12.8. The number of hydrogen-bond acceptors (Lipinski definition) is 3. The van der Waals surface area contributed by atoms with Crippen LogP contribution in [0.1, 0.15) is 52.4 Å². The molecule has 3 aliphatic rings. The monoisotopic (exact) mass is 266 g/mol. The van der Waals surface area contributed by atoms with Crippen molar-refractivity contribution in [3.8, 4) is 0 Å². The van der Waals surface area contributed by atoms with E-state index in [2.05, 4.69) is 30.7 Å². The summed E-state index contributed by atoms with van der Waals surface area (Å²) in [5, 5.41) is 10.7. The number of nitrogens with zero attached hydrogens (tertiary/aromatic N) is 2. The lowest BCUT2D eigenvalue weighted by Gasteiger charge is -2.46. The lowest BCUT2D eigenvalue weighted by molar-refractivity contribution is -0.0588. The molecule has 0 aromatic heterocycles. The molecular formula is C16H30N2O.